The predicted molar refractivity (Wildman–Crippen MR) is 148 cm³/mol. The number of carbonyl (C=O) groups is 1. The number of piperidine rings is 1. The topological polar surface area (TPSA) is 70.1 Å². The van der Waals surface area contributed by atoms with Crippen LogP contribution in [0.2, 0.25) is 5.02 Å². The Labute approximate surface area is 224 Å². The van der Waals surface area contributed by atoms with Gasteiger partial charge in [-0.05, 0) is 61.9 Å². The summed E-state index contributed by atoms with van der Waals surface area (Å²) in [6.45, 7) is 5.54. The van der Waals surface area contributed by atoms with Gasteiger partial charge in [0.25, 0.3) is 0 Å². The van der Waals surface area contributed by atoms with Crippen LogP contribution in [0.3, 0.4) is 0 Å². The molecule has 1 heterocycles. The molecule has 37 heavy (non-hydrogen) atoms. The van der Waals surface area contributed by atoms with E-state index in [9.17, 15) is 10.1 Å². The minimum atomic E-state index is -0.926. The standard InChI is InChI=1S/C32H32ClN3O/c1-21-6-12-24(13-7-21)32(25-14-8-22(2)9-15-25)27(20-34)30(35)28(31(37)36-18-4-3-5-19-36)29(32)23-10-16-26(33)17-11-23/h6-17,28-29H,3-5,18-19,35H2,1-2H3. The molecule has 5 heteroatoms. The Bertz CT molecular complexity index is 1320. The summed E-state index contributed by atoms with van der Waals surface area (Å²) in [5.74, 6) is -1.05. The fraction of sp³-hybridized carbons (Fsp3) is 0.312. The van der Waals surface area contributed by atoms with Gasteiger partial charge in [0, 0.05) is 29.7 Å². The highest BCUT2D eigenvalue weighted by Gasteiger charge is 2.59. The van der Waals surface area contributed by atoms with Crippen LogP contribution in [0.25, 0.3) is 0 Å². The molecule has 1 saturated heterocycles. The highest BCUT2D eigenvalue weighted by Crippen LogP contribution is 2.59. The summed E-state index contributed by atoms with van der Waals surface area (Å²) in [6.07, 6.45) is 3.10. The molecular formula is C32H32ClN3O. The number of nitriles is 1. The quantitative estimate of drug-likeness (QED) is 0.442. The number of rotatable bonds is 4. The van der Waals surface area contributed by atoms with Crippen molar-refractivity contribution in [3.63, 3.8) is 0 Å². The highest BCUT2D eigenvalue weighted by atomic mass is 35.5. The summed E-state index contributed by atoms with van der Waals surface area (Å²) in [7, 11) is 0. The Morgan fingerprint density at radius 1 is 0.892 bits per heavy atom. The number of likely N-dealkylation sites (tertiary alicyclic amines) is 1. The summed E-state index contributed by atoms with van der Waals surface area (Å²) in [4.78, 5) is 16.2. The monoisotopic (exact) mass is 509 g/mol. The number of nitrogens with two attached hydrogens (primary N) is 1. The SMILES string of the molecule is Cc1ccc(C2(c3ccc(C)cc3)C(C#N)=C(N)C(C(=O)N3CCCCC3)C2c2ccc(Cl)cc2)cc1. The van der Waals surface area contributed by atoms with Gasteiger partial charge in [-0.15, -0.1) is 0 Å². The first-order valence-corrected chi connectivity index (χ1v) is 13.3. The fourth-order valence-corrected chi connectivity index (χ4v) is 6.39. The number of halogens is 1. The number of hydrogen-bond acceptors (Lipinski definition) is 3. The van der Waals surface area contributed by atoms with Gasteiger partial charge in [0.05, 0.1) is 23.0 Å². The van der Waals surface area contributed by atoms with E-state index in [-0.39, 0.29) is 5.91 Å². The average molecular weight is 510 g/mol. The number of hydrogen-bond donors (Lipinski definition) is 1. The summed E-state index contributed by atoms with van der Waals surface area (Å²) >= 11 is 6.30. The maximum Gasteiger partial charge on any atom is 0.232 e. The number of amides is 1. The molecule has 0 aromatic heterocycles. The van der Waals surface area contributed by atoms with Gasteiger partial charge >= 0.3 is 0 Å². The maximum atomic E-state index is 14.3. The van der Waals surface area contributed by atoms with E-state index in [0.717, 1.165) is 60.2 Å². The van der Waals surface area contributed by atoms with Gasteiger partial charge in [-0.3, -0.25) is 4.79 Å². The van der Waals surface area contributed by atoms with Crippen molar-refractivity contribution in [3.05, 3.63) is 117 Å². The minimum Gasteiger partial charge on any atom is -0.401 e. The summed E-state index contributed by atoms with van der Waals surface area (Å²) in [5, 5.41) is 11.3. The van der Waals surface area contributed by atoms with E-state index >= 15 is 0 Å². The molecule has 1 fully saturated rings. The number of allylic oxidation sites excluding steroid dienone is 1. The van der Waals surface area contributed by atoms with E-state index in [1.54, 1.807) is 0 Å². The second kappa shape index (κ2) is 10.1. The van der Waals surface area contributed by atoms with Crippen LogP contribution in [-0.4, -0.2) is 23.9 Å². The van der Waals surface area contributed by atoms with E-state index in [1.165, 1.54) is 0 Å². The minimum absolute atomic E-state index is 0.00555. The summed E-state index contributed by atoms with van der Waals surface area (Å²) in [6, 6.07) is 26.7. The Morgan fingerprint density at radius 2 is 1.41 bits per heavy atom. The van der Waals surface area contributed by atoms with Crippen LogP contribution in [0.15, 0.2) is 84.1 Å². The Kier molecular flexibility index (Phi) is 6.84. The van der Waals surface area contributed by atoms with Gasteiger partial charge in [0.15, 0.2) is 0 Å². The zero-order chi connectivity index (χ0) is 26.2. The van der Waals surface area contributed by atoms with Crippen LogP contribution in [0.5, 0.6) is 0 Å². The Morgan fingerprint density at radius 3 is 1.89 bits per heavy atom. The van der Waals surface area contributed by atoms with Crippen LogP contribution in [0, 0.1) is 31.1 Å². The summed E-state index contributed by atoms with van der Waals surface area (Å²) < 4.78 is 0. The van der Waals surface area contributed by atoms with Crippen LogP contribution in [0.1, 0.15) is 53.0 Å². The normalized spacial score (nSPS) is 21.1. The molecule has 0 bridgehead atoms. The lowest BCUT2D eigenvalue weighted by molar-refractivity contribution is -0.136. The third kappa shape index (κ3) is 4.22. The molecular weight excluding hydrogens is 478 g/mol. The van der Waals surface area contributed by atoms with Gasteiger partial charge in [-0.1, -0.05) is 83.4 Å². The van der Waals surface area contributed by atoms with Gasteiger partial charge in [0.1, 0.15) is 0 Å². The van der Waals surface area contributed by atoms with Gasteiger partial charge in [-0.2, -0.15) is 5.26 Å². The molecule has 3 aromatic carbocycles. The van der Waals surface area contributed by atoms with Crippen LogP contribution < -0.4 is 5.73 Å². The zero-order valence-electron chi connectivity index (χ0n) is 21.4. The van der Waals surface area contributed by atoms with Crippen molar-refractivity contribution < 1.29 is 4.79 Å². The largest absolute Gasteiger partial charge is 0.401 e. The van der Waals surface area contributed by atoms with Crippen molar-refractivity contribution in [1.82, 2.24) is 4.90 Å². The highest BCUT2D eigenvalue weighted by molar-refractivity contribution is 6.30. The van der Waals surface area contributed by atoms with Gasteiger partial charge < -0.3 is 10.6 Å². The molecule has 0 radical (unpaired) electrons. The Hall–Kier alpha value is -3.55. The van der Waals surface area contributed by atoms with E-state index in [4.69, 9.17) is 17.3 Å². The zero-order valence-corrected chi connectivity index (χ0v) is 22.1. The average Bonchev–Trinajstić information content (AvgIpc) is 3.18. The smallest absolute Gasteiger partial charge is 0.232 e. The van der Waals surface area contributed by atoms with E-state index in [1.807, 2.05) is 43.0 Å². The molecule has 4 nitrogen and oxygen atoms in total. The molecule has 1 aliphatic heterocycles. The van der Waals surface area contributed by atoms with E-state index < -0.39 is 17.3 Å². The predicted octanol–water partition coefficient (Wildman–Crippen LogP) is 6.41. The van der Waals surface area contributed by atoms with Gasteiger partial charge in [-0.25, -0.2) is 0 Å². The molecule has 0 saturated carbocycles. The third-order valence-electron chi connectivity index (χ3n) is 8.11. The van der Waals surface area contributed by atoms with Crippen molar-refractivity contribution in [2.75, 3.05) is 13.1 Å². The third-order valence-corrected chi connectivity index (χ3v) is 8.36. The van der Waals surface area contributed by atoms with Crippen molar-refractivity contribution in [2.45, 2.75) is 44.4 Å². The van der Waals surface area contributed by atoms with E-state index in [2.05, 4.69) is 54.6 Å². The van der Waals surface area contributed by atoms with Crippen molar-refractivity contribution in [2.24, 2.45) is 11.7 Å². The van der Waals surface area contributed by atoms with Crippen molar-refractivity contribution >= 4 is 17.5 Å². The first kappa shape index (κ1) is 25.1. The van der Waals surface area contributed by atoms with Crippen LogP contribution in [-0.2, 0) is 10.2 Å². The van der Waals surface area contributed by atoms with Gasteiger partial charge in [0.2, 0.25) is 5.91 Å². The lowest BCUT2D eigenvalue weighted by Gasteiger charge is -2.41. The molecule has 2 N–H and O–H groups in total. The fourth-order valence-electron chi connectivity index (χ4n) is 6.27. The second-order valence-electron chi connectivity index (χ2n) is 10.4. The molecule has 5 rings (SSSR count). The number of benzene rings is 3. The summed E-state index contributed by atoms with van der Waals surface area (Å²) in [5.41, 5.74) is 11.9. The first-order chi connectivity index (χ1) is 17.9. The second-order valence-corrected chi connectivity index (χ2v) is 10.8. The lowest BCUT2D eigenvalue weighted by Crippen LogP contribution is -2.45. The van der Waals surface area contributed by atoms with Crippen molar-refractivity contribution in [1.29, 1.82) is 5.26 Å². The molecule has 3 aromatic rings. The molecule has 2 atom stereocenters. The lowest BCUT2D eigenvalue weighted by atomic mass is 9.60. The van der Waals surface area contributed by atoms with E-state index in [0.29, 0.717) is 16.3 Å². The first-order valence-electron chi connectivity index (χ1n) is 13.0. The number of nitrogens with zero attached hydrogens (tertiary/aromatic N) is 2. The Balaban J connectivity index is 1.83. The van der Waals surface area contributed by atoms with Crippen LogP contribution in [0.4, 0.5) is 0 Å². The van der Waals surface area contributed by atoms with Crippen molar-refractivity contribution in [3.8, 4) is 6.07 Å². The molecule has 2 unspecified atom stereocenters. The maximum absolute atomic E-state index is 14.3. The molecule has 2 aliphatic rings. The molecule has 1 aliphatic carbocycles. The number of aryl methyl sites for hydroxylation is 2. The molecule has 188 valence electrons. The molecule has 1 amide bonds. The van der Waals surface area contributed by atoms with Crippen LogP contribution >= 0.6 is 11.6 Å². The number of carbonyl (C=O) groups excluding carboxylic acids is 1. The molecule has 0 spiro atoms.